The predicted molar refractivity (Wildman–Crippen MR) is 83.0 cm³/mol. The summed E-state index contributed by atoms with van der Waals surface area (Å²) in [5, 5.41) is 8.85. The molecular formula is C14H11N3O5S. The average molecular weight is 333 g/mol. The molecular weight excluding hydrogens is 322 g/mol. The number of aromatic amines is 1. The number of rotatable bonds is 3. The second-order valence-electron chi connectivity index (χ2n) is 4.81. The smallest absolute Gasteiger partial charge is 0.340 e. The van der Waals surface area contributed by atoms with Crippen molar-refractivity contribution in [2.24, 2.45) is 0 Å². The molecule has 0 atom stereocenters. The van der Waals surface area contributed by atoms with Crippen molar-refractivity contribution in [1.29, 1.82) is 0 Å². The second-order valence-corrected chi connectivity index (χ2v) is 6.59. The third-order valence-electron chi connectivity index (χ3n) is 3.30. The molecule has 0 bridgehead atoms. The van der Waals surface area contributed by atoms with Gasteiger partial charge in [-0.15, -0.1) is 0 Å². The van der Waals surface area contributed by atoms with Gasteiger partial charge >= 0.3 is 11.7 Å². The average Bonchev–Trinajstić information content (AvgIpc) is 2.82. The maximum Gasteiger partial charge on any atom is 0.340 e. The van der Waals surface area contributed by atoms with Crippen LogP contribution in [0.1, 0.15) is 10.4 Å². The molecule has 0 spiro atoms. The van der Waals surface area contributed by atoms with E-state index in [4.69, 9.17) is 10.8 Å². The number of anilines is 1. The molecule has 0 saturated heterocycles. The van der Waals surface area contributed by atoms with Crippen molar-refractivity contribution >= 4 is 32.7 Å². The number of nitrogen functional groups attached to an aromatic ring is 1. The van der Waals surface area contributed by atoms with Crippen molar-refractivity contribution in [3.05, 3.63) is 58.5 Å². The van der Waals surface area contributed by atoms with E-state index in [0.29, 0.717) is 15.2 Å². The van der Waals surface area contributed by atoms with E-state index in [1.54, 1.807) is 0 Å². The normalized spacial score (nSPS) is 11.7. The number of fused-ring (bicyclic) bond motifs is 1. The summed E-state index contributed by atoms with van der Waals surface area (Å²) in [5.74, 6) is -1.17. The number of aromatic nitrogens is 2. The highest BCUT2D eigenvalue weighted by atomic mass is 32.2. The zero-order valence-electron chi connectivity index (χ0n) is 11.6. The van der Waals surface area contributed by atoms with Crippen LogP contribution in [-0.4, -0.2) is 28.5 Å². The number of benzene rings is 2. The van der Waals surface area contributed by atoms with Crippen LogP contribution in [0, 0.1) is 0 Å². The van der Waals surface area contributed by atoms with E-state index in [9.17, 15) is 18.0 Å². The van der Waals surface area contributed by atoms with Gasteiger partial charge in [0.2, 0.25) is 0 Å². The largest absolute Gasteiger partial charge is 0.478 e. The number of carboxylic acid groups (broad SMARTS) is 1. The number of imidazole rings is 1. The summed E-state index contributed by atoms with van der Waals surface area (Å²) in [7, 11) is -4.17. The number of hydrogen-bond acceptors (Lipinski definition) is 5. The minimum Gasteiger partial charge on any atom is -0.478 e. The first kappa shape index (κ1) is 14.9. The predicted octanol–water partition coefficient (Wildman–Crippen LogP) is 0.847. The lowest BCUT2D eigenvalue weighted by Gasteiger charge is -2.06. The van der Waals surface area contributed by atoms with E-state index in [-0.39, 0.29) is 16.0 Å². The number of H-pyrrole nitrogens is 1. The van der Waals surface area contributed by atoms with Crippen LogP contribution in [0.15, 0.2) is 52.2 Å². The van der Waals surface area contributed by atoms with Gasteiger partial charge in [-0.1, -0.05) is 0 Å². The molecule has 0 amide bonds. The van der Waals surface area contributed by atoms with Crippen molar-refractivity contribution < 1.29 is 18.3 Å². The molecule has 0 aliphatic heterocycles. The third-order valence-corrected chi connectivity index (χ3v) is 5.02. The Bertz CT molecular complexity index is 1080. The van der Waals surface area contributed by atoms with E-state index in [1.807, 2.05) is 0 Å². The van der Waals surface area contributed by atoms with E-state index >= 15 is 0 Å². The van der Waals surface area contributed by atoms with Crippen LogP contribution in [0.4, 0.5) is 5.69 Å². The fourth-order valence-electron chi connectivity index (χ4n) is 2.22. The van der Waals surface area contributed by atoms with E-state index < -0.39 is 21.7 Å². The molecule has 0 fully saturated rings. The lowest BCUT2D eigenvalue weighted by Crippen LogP contribution is -2.25. The van der Waals surface area contributed by atoms with Crippen LogP contribution in [0.3, 0.4) is 0 Å². The van der Waals surface area contributed by atoms with Gasteiger partial charge < -0.3 is 15.8 Å². The lowest BCUT2D eigenvalue weighted by molar-refractivity contribution is 0.0696. The van der Waals surface area contributed by atoms with E-state index in [1.165, 1.54) is 18.2 Å². The highest BCUT2D eigenvalue weighted by molar-refractivity contribution is 7.90. The van der Waals surface area contributed by atoms with Crippen molar-refractivity contribution in [3.63, 3.8) is 0 Å². The molecule has 0 radical (unpaired) electrons. The molecule has 0 aliphatic carbocycles. The monoisotopic (exact) mass is 333 g/mol. The van der Waals surface area contributed by atoms with Gasteiger partial charge in [-0.25, -0.2) is 18.0 Å². The van der Waals surface area contributed by atoms with Crippen LogP contribution < -0.4 is 11.4 Å². The molecule has 8 nitrogen and oxygen atoms in total. The zero-order valence-corrected chi connectivity index (χ0v) is 12.4. The number of nitrogens with zero attached hydrogens (tertiary/aromatic N) is 1. The Morgan fingerprint density at radius 2 is 1.78 bits per heavy atom. The van der Waals surface area contributed by atoms with Gasteiger partial charge in [-0.05, 0) is 42.5 Å². The number of carboxylic acids is 1. The van der Waals surface area contributed by atoms with Gasteiger partial charge in [0, 0.05) is 5.69 Å². The molecule has 3 aromatic rings. The van der Waals surface area contributed by atoms with Crippen molar-refractivity contribution in [2.75, 3.05) is 5.73 Å². The molecule has 0 unspecified atom stereocenters. The van der Waals surface area contributed by atoms with Gasteiger partial charge in [-0.3, -0.25) is 0 Å². The van der Waals surface area contributed by atoms with Gasteiger partial charge in [0.1, 0.15) is 0 Å². The Hall–Kier alpha value is -3.07. The van der Waals surface area contributed by atoms with Gasteiger partial charge in [0.05, 0.1) is 21.5 Å². The van der Waals surface area contributed by atoms with Crippen molar-refractivity contribution in [2.45, 2.75) is 4.90 Å². The number of nitrogens with one attached hydrogen (secondary N) is 1. The summed E-state index contributed by atoms with van der Waals surface area (Å²) < 4.78 is 25.9. The fourth-order valence-corrected chi connectivity index (χ4v) is 3.59. The van der Waals surface area contributed by atoms with Crippen LogP contribution >= 0.6 is 0 Å². The molecule has 23 heavy (non-hydrogen) atoms. The second kappa shape index (κ2) is 4.99. The number of aromatic carboxylic acids is 1. The van der Waals surface area contributed by atoms with E-state index in [2.05, 4.69) is 4.98 Å². The maximum absolute atomic E-state index is 12.7. The molecule has 1 aromatic heterocycles. The summed E-state index contributed by atoms with van der Waals surface area (Å²) in [5.41, 5.74) is 5.57. The maximum atomic E-state index is 12.7. The third kappa shape index (κ3) is 2.36. The summed E-state index contributed by atoms with van der Waals surface area (Å²) >= 11 is 0. The first-order chi connectivity index (χ1) is 10.8. The first-order valence-electron chi connectivity index (χ1n) is 6.40. The first-order valence-corrected chi connectivity index (χ1v) is 7.84. The molecule has 9 heteroatoms. The summed E-state index contributed by atoms with van der Waals surface area (Å²) in [4.78, 5) is 25.1. The Kier molecular flexibility index (Phi) is 3.22. The van der Waals surface area contributed by atoms with Gasteiger partial charge in [0.25, 0.3) is 10.0 Å². The lowest BCUT2D eigenvalue weighted by atomic mass is 10.2. The Morgan fingerprint density at radius 1 is 1.13 bits per heavy atom. The molecule has 0 saturated carbocycles. The Morgan fingerprint density at radius 3 is 2.39 bits per heavy atom. The molecule has 2 aromatic carbocycles. The number of nitrogens with two attached hydrogens (primary N) is 1. The van der Waals surface area contributed by atoms with Crippen molar-refractivity contribution in [3.8, 4) is 0 Å². The highest BCUT2D eigenvalue weighted by Crippen LogP contribution is 2.20. The fraction of sp³-hybridized carbons (Fsp3) is 0. The Balaban J connectivity index is 2.22. The van der Waals surface area contributed by atoms with Crippen LogP contribution in [0.25, 0.3) is 11.0 Å². The molecule has 0 aliphatic rings. The summed E-state index contributed by atoms with van der Waals surface area (Å²) in [6.07, 6.45) is 0. The summed E-state index contributed by atoms with van der Waals surface area (Å²) in [6, 6.07) is 8.96. The van der Waals surface area contributed by atoms with Crippen molar-refractivity contribution in [1.82, 2.24) is 8.96 Å². The summed E-state index contributed by atoms with van der Waals surface area (Å²) in [6.45, 7) is 0. The van der Waals surface area contributed by atoms with E-state index in [0.717, 1.165) is 24.3 Å². The highest BCUT2D eigenvalue weighted by Gasteiger charge is 2.23. The zero-order chi connectivity index (χ0) is 16.8. The topological polar surface area (TPSA) is 135 Å². The molecule has 4 N–H and O–H groups in total. The van der Waals surface area contributed by atoms with Gasteiger partial charge in [0.15, 0.2) is 0 Å². The molecule has 3 rings (SSSR count). The molecule has 118 valence electrons. The van der Waals surface area contributed by atoms with Crippen LogP contribution in [0.5, 0.6) is 0 Å². The SMILES string of the molecule is Nc1ccc2c(c1)[nH]c(=O)n2S(=O)(=O)c1ccc(C(=O)O)cc1. The number of carbonyl (C=O) groups is 1. The quantitative estimate of drug-likeness (QED) is 0.608. The van der Waals surface area contributed by atoms with Crippen LogP contribution in [-0.2, 0) is 10.0 Å². The minimum absolute atomic E-state index is 0.0528. The van der Waals surface area contributed by atoms with Gasteiger partial charge in [-0.2, -0.15) is 3.97 Å². The Labute approximate surface area is 129 Å². The van der Waals surface area contributed by atoms with Crippen LogP contribution in [0.2, 0.25) is 0 Å². The number of hydrogen-bond donors (Lipinski definition) is 3. The minimum atomic E-state index is -4.17. The standard InChI is InChI=1S/C14H11N3O5S/c15-9-3-6-12-11(7-9)16-14(20)17(12)23(21,22)10-4-1-8(2-5-10)13(18)19/h1-7H,15H2,(H,16,20)(H,18,19). The molecule has 1 heterocycles.